The molecule has 1 unspecified atom stereocenters. The van der Waals surface area contributed by atoms with Crippen LogP contribution in [0.4, 0.5) is 10.1 Å². The standard InChI is InChI=1S/C34H46FN7O4S/c1-34(2,3)10-15-42-31(44)26(47-32(42)24-5-4-6-25(35)28(24)36-12-16-40-17-19-46-20-18-40)21-27(43)41-13-8-22(9-14-41)23-7-11-37-30-29(23)38-33(45)39-30/h4-7,11,22,26,32,36H,8-10,12-21H2,1-3H3,(H2,37,38,39,45)/t26-,32?/m0/s1. The van der Waals surface area contributed by atoms with Gasteiger partial charge in [-0.2, -0.15) is 0 Å². The normalized spacial score (nSPS) is 21.6. The van der Waals surface area contributed by atoms with Crippen molar-refractivity contribution in [1.82, 2.24) is 29.7 Å². The first kappa shape index (κ1) is 33.5. The average molecular weight is 668 g/mol. The number of anilines is 1. The van der Waals surface area contributed by atoms with Crippen molar-refractivity contribution >= 4 is 40.4 Å². The van der Waals surface area contributed by atoms with E-state index in [1.54, 1.807) is 12.3 Å². The number of imidazole rings is 1. The Labute approximate surface area is 279 Å². The maximum absolute atomic E-state index is 15.4. The van der Waals surface area contributed by atoms with Crippen molar-refractivity contribution in [3.05, 3.63) is 57.9 Å². The van der Waals surface area contributed by atoms with Crippen molar-refractivity contribution in [2.24, 2.45) is 5.41 Å². The summed E-state index contributed by atoms with van der Waals surface area (Å²) in [7, 11) is 0. The zero-order valence-corrected chi connectivity index (χ0v) is 28.3. The summed E-state index contributed by atoms with van der Waals surface area (Å²) in [6, 6.07) is 6.99. The highest BCUT2D eigenvalue weighted by atomic mass is 32.2. The van der Waals surface area contributed by atoms with Crippen LogP contribution in [0.5, 0.6) is 0 Å². The number of rotatable bonds is 10. The summed E-state index contributed by atoms with van der Waals surface area (Å²) in [4.78, 5) is 55.3. The average Bonchev–Trinajstić information content (AvgIpc) is 3.59. The van der Waals surface area contributed by atoms with Crippen molar-refractivity contribution in [2.75, 3.05) is 64.3 Å². The lowest BCUT2D eigenvalue weighted by molar-refractivity contribution is -0.136. The maximum Gasteiger partial charge on any atom is 0.325 e. The molecule has 1 aromatic carbocycles. The number of para-hydroxylation sites is 1. The third-order valence-corrected chi connectivity index (χ3v) is 10.9. The molecule has 13 heteroatoms. The molecule has 2 aromatic heterocycles. The van der Waals surface area contributed by atoms with Gasteiger partial charge >= 0.3 is 5.69 Å². The van der Waals surface area contributed by atoms with Crippen LogP contribution in [0, 0.1) is 11.2 Å². The van der Waals surface area contributed by atoms with E-state index in [0.717, 1.165) is 55.5 Å². The Morgan fingerprint density at radius 1 is 1.06 bits per heavy atom. The zero-order valence-electron chi connectivity index (χ0n) is 27.5. The van der Waals surface area contributed by atoms with E-state index in [4.69, 9.17) is 4.74 Å². The Morgan fingerprint density at radius 3 is 2.57 bits per heavy atom. The second kappa shape index (κ2) is 14.4. The number of benzene rings is 1. The number of likely N-dealkylation sites (tertiary alicyclic amines) is 1. The number of H-pyrrole nitrogens is 2. The molecule has 0 aliphatic carbocycles. The number of thioether (sulfide) groups is 1. The first-order chi connectivity index (χ1) is 22.6. The van der Waals surface area contributed by atoms with E-state index in [9.17, 15) is 14.4 Å². The number of piperidine rings is 1. The molecule has 0 radical (unpaired) electrons. The Morgan fingerprint density at radius 2 is 1.83 bits per heavy atom. The molecule has 2 atom stereocenters. The van der Waals surface area contributed by atoms with Crippen LogP contribution in [-0.2, 0) is 14.3 Å². The largest absolute Gasteiger partial charge is 0.381 e. The van der Waals surface area contributed by atoms with Gasteiger partial charge < -0.3 is 24.8 Å². The van der Waals surface area contributed by atoms with Crippen LogP contribution >= 0.6 is 11.8 Å². The Hall–Kier alpha value is -3.42. The lowest BCUT2D eigenvalue weighted by atomic mass is 9.89. The van der Waals surface area contributed by atoms with Gasteiger partial charge in [0.2, 0.25) is 11.8 Å². The van der Waals surface area contributed by atoms with Crippen molar-refractivity contribution in [3.63, 3.8) is 0 Å². The molecule has 0 bridgehead atoms. The predicted octanol–water partition coefficient (Wildman–Crippen LogP) is 4.31. The zero-order chi connectivity index (χ0) is 33.1. The number of carbonyl (C=O) groups is 2. The van der Waals surface area contributed by atoms with Gasteiger partial charge in [0.25, 0.3) is 0 Å². The van der Waals surface area contributed by atoms with Gasteiger partial charge in [-0.15, -0.1) is 11.8 Å². The van der Waals surface area contributed by atoms with Crippen LogP contribution in [0.15, 0.2) is 35.3 Å². The van der Waals surface area contributed by atoms with E-state index in [0.29, 0.717) is 50.7 Å². The fourth-order valence-corrected chi connectivity index (χ4v) is 8.27. The molecule has 3 saturated heterocycles. The molecule has 6 rings (SSSR count). The molecule has 11 nitrogen and oxygen atoms in total. The molecule has 5 heterocycles. The fraction of sp³-hybridized carbons (Fsp3) is 0.588. The molecule has 47 heavy (non-hydrogen) atoms. The van der Waals surface area contributed by atoms with Crippen LogP contribution < -0.4 is 11.0 Å². The Kier molecular flexibility index (Phi) is 10.2. The first-order valence-corrected chi connectivity index (χ1v) is 17.6. The number of pyridine rings is 1. The van der Waals surface area contributed by atoms with E-state index < -0.39 is 10.6 Å². The molecule has 0 spiro atoms. The Balaban J connectivity index is 1.13. The summed E-state index contributed by atoms with van der Waals surface area (Å²) in [5, 5.41) is 2.40. The van der Waals surface area contributed by atoms with Crippen molar-refractivity contribution in [2.45, 2.75) is 63.0 Å². The minimum absolute atomic E-state index is 0.00270. The Bertz CT molecular complexity index is 1620. The smallest absolute Gasteiger partial charge is 0.325 e. The number of carbonyl (C=O) groups excluding carboxylic acids is 2. The van der Waals surface area contributed by atoms with Crippen LogP contribution in [0.1, 0.15) is 68.9 Å². The number of hydrogen-bond acceptors (Lipinski definition) is 8. The number of nitrogens with one attached hydrogen (secondary N) is 3. The number of halogens is 1. The third kappa shape index (κ3) is 7.84. The minimum atomic E-state index is -0.542. The molecular formula is C34H46FN7O4S. The molecule has 3 N–H and O–H groups in total. The highest BCUT2D eigenvalue weighted by Crippen LogP contribution is 2.47. The maximum atomic E-state index is 15.4. The molecule has 254 valence electrons. The van der Waals surface area contributed by atoms with E-state index >= 15 is 4.39 Å². The van der Waals surface area contributed by atoms with Gasteiger partial charge in [0.15, 0.2) is 5.65 Å². The lowest BCUT2D eigenvalue weighted by Crippen LogP contribution is -2.40. The summed E-state index contributed by atoms with van der Waals surface area (Å²) >= 11 is 1.46. The summed E-state index contributed by atoms with van der Waals surface area (Å²) < 4.78 is 20.8. The fourth-order valence-electron chi connectivity index (χ4n) is 6.77. The quantitative estimate of drug-likeness (QED) is 0.292. The minimum Gasteiger partial charge on any atom is -0.381 e. The van der Waals surface area contributed by atoms with Crippen molar-refractivity contribution in [3.8, 4) is 0 Å². The SMILES string of the molecule is CC(C)(C)CCN1C(=O)[C@H](CC(=O)N2CCC(c3ccnc4[nH]c(=O)[nH]c34)CC2)SC1c1cccc(F)c1NCCN1CCOCC1. The summed E-state index contributed by atoms with van der Waals surface area (Å²) in [5.74, 6) is -0.251. The molecule has 3 aromatic rings. The van der Waals surface area contributed by atoms with Crippen LogP contribution in [-0.4, -0.2) is 106 Å². The van der Waals surface area contributed by atoms with E-state index in [2.05, 4.69) is 45.9 Å². The highest BCUT2D eigenvalue weighted by Gasteiger charge is 2.44. The van der Waals surface area contributed by atoms with Gasteiger partial charge in [-0.3, -0.25) is 19.5 Å². The number of ether oxygens (including phenoxy) is 1. The van der Waals surface area contributed by atoms with Gasteiger partial charge in [0.1, 0.15) is 11.2 Å². The van der Waals surface area contributed by atoms with E-state index in [-0.39, 0.29) is 41.1 Å². The number of aromatic amines is 2. The summed E-state index contributed by atoms with van der Waals surface area (Å²) in [6.45, 7) is 12.6. The van der Waals surface area contributed by atoms with Crippen molar-refractivity contribution < 1.29 is 18.7 Å². The van der Waals surface area contributed by atoms with Gasteiger partial charge in [0, 0.05) is 64.0 Å². The molecule has 0 saturated carbocycles. The monoisotopic (exact) mass is 667 g/mol. The molecule has 2 amide bonds. The second-order valence-electron chi connectivity index (χ2n) is 14.0. The summed E-state index contributed by atoms with van der Waals surface area (Å²) in [5.41, 5.74) is 3.18. The van der Waals surface area contributed by atoms with Gasteiger partial charge in [0.05, 0.1) is 29.7 Å². The van der Waals surface area contributed by atoms with Crippen LogP contribution in [0.25, 0.3) is 11.2 Å². The van der Waals surface area contributed by atoms with Gasteiger partial charge in [-0.1, -0.05) is 32.9 Å². The molecule has 3 aliphatic heterocycles. The number of morpholine rings is 1. The van der Waals surface area contributed by atoms with Gasteiger partial charge in [-0.05, 0) is 48.3 Å². The number of fused-ring (bicyclic) bond motifs is 1. The number of amides is 2. The highest BCUT2D eigenvalue weighted by molar-refractivity contribution is 8.01. The van der Waals surface area contributed by atoms with E-state index in [1.807, 2.05) is 21.9 Å². The summed E-state index contributed by atoms with van der Waals surface area (Å²) in [6.07, 6.45) is 4.11. The van der Waals surface area contributed by atoms with E-state index in [1.165, 1.54) is 17.8 Å². The van der Waals surface area contributed by atoms with Crippen LogP contribution in [0.2, 0.25) is 0 Å². The van der Waals surface area contributed by atoms with Crippen molar-refractivity contribution in [1.29, 1.82) is 0 Å². The number of aromatic nitrogens is 3. The first-order valence-electron chi connectivity index (χ1n) is 16.7. The number of nitrogens with zero attached hydrogens (tertiary/aromatic N) is 4. The predicted molar refractivity (Wildman–Crippen MR) is 182 cm³/mol. The second-order valence-corrected chi connectivity index (χ2v) is 15.3. The van der Waals surface area contributed by atoms with Gasteiger partial charge in [-0.25, -0.2) is 14.2 Å². The topological polar surface area (TPSA) is 127 Å². The lowest BCUT2D eigenvalue weighted by Gasteiger charge is -2.32. The number of hydrogen-bond donors (Lipinski definition) is 3. The third-order valence-electron chi connectivity index (χ3n) is 9.48. The van der Waals surface area contributed by atoms with Crippen LogP contribution in [0.3, 0.4) is 0 Å². The molecular weight excluding hydrogens is 621 g/mol. The molecule has 3 fully saturated rings. The molecule has 3 aliphatic rings.